The van der Waals surface area contributed by atoms with E-state index in [1.807, 2.05) is 0 Å². The Kier molecular flexibility index (Phi) is 2.84. The first-order chi connectivity index (χ1) is 4.42. The lowest BCUT2D eigenvalue weighted by molar-refractivity contribution is 0.196. The van der Waals surface area contributed by atoms with Crippen molar-refractivity contribution >= 4 is 16.2 Å². The summed E-state index contributed by atoms with van der Waals surface area (Å²) in [6.45, 7) is 0. The van der Waals surface area contributed by atoms with E-state index in [4.69, 9.17) is 4.55 Å². The van der Waals surface area contributed by atoms with Crippen molar-refractivity contribution in [3.05, 3.63) is 11.7 Å². The van der Waals surface area contributed by atoms with Crippen molar-refractivity contribution in [2.24, 2.45) is 5.73 Å². The van der Waals surface area contributed by atoms with Gasteiger partial charge in [-0.3, -0.25) is 4.55 Å². The smallest absolute Gasteiger partial charge is 0.409 e. The number of ether oxygens (including phenoxy) is 1. The quantitative estimate of drug-likeness (QED) is 0.423. The van der Waals surface area contributed by atoms with Crippen LogP contribution in [0, 0.1) is 0 Å². The molecule has 0 unspecified atom stereocenters. The van der Waals surface area contributed by atoms with Crippen molar-refractivity contribution in [1.29, 1.82) is 0 Å². The van der Waals surface area contributed by atoms with Crippen LogP contribution in [0.3, 0.4) is 0 Å². The third-order valence-electron chi connectivity index (χ3n) is 0.412. The van der Waals surface area contributed by atoms with Crippen LogP contribution in [0.25, 0.3) is 0 Å². The molecular weight excluding hydrogens is 162 g/mol. The molecule has 0 fully saturated rings. The Labute approximate surface area is 57.0 Å². The van der Waals surface area contributed by atoms with Gasteiger partial charge in [-0.2, -0.15) is 8.42 Å². The average molecular weight is 167 g/mol. The fraction of sp³-hybridized carbons (Fsp3) is 0. The molecular formula is C3H5NO5S. The lowest BCUT2D eigenvalue weighted by Gasteiger charge is -1.87. The normalized spacial score (nSPS) is 11.7. The predicted octanol–water partition coefficient (Wildman–Crippen LogP) is -0.559. The first kappa shape index (κ1) is 8.92. The van der Waals surface area contributed by atoms with Crippen molar-refractivity contribution in [1.82, 2.24) is 0 Å². The van der Waals surface area contributed by atoms with Gasteiger partial charge < -0.3 is 10.5 Å². The molecule has 0 aliphatic carbocycles. The molecule has 0 aromatic carbocycles. The number of hydrogen-bond acceptors (Lipinski definition) is 4. The fourth-order valence-corrected chi connectivity index (χ4v) is 0.361. The second-order valence-corrected chi connectivity index (χ2v) is 2.53. The summed E-state index contributed by atoms with van der Waals surface area (Å²) in [6, 6.07) is 0. The molecule has 10 heavy (non-hydrogen) atoms. The zero-order chi connectivity index (χ0) is 8.20. The molecule has 0 aromatic rings. The Bertz CT molecular complexity index is 240. The van der Waals surface area contributed by atoms with Crippen molar-refractivity contribution < 1.29 is 22.5 Å². The summed E-state index contributed by atoms with van der Waals surface area (Å²) in [5, 5.41) is 0.289. The highest BCUT2D eigenvalue weighted by atomic mass is 32.2. The molecule has 0 heterocycles. The molecule has 0 spiro atoms. The van der Waals surface area contributed by atoms with Gasteiger partial charge in [0.15, 0.2) is 0 Å². The molecule has 0 aliphatic rings. The Hall–Kier alpha value is -1.08. The van der Waals surface area contributed by atoms with Crippen LogP contribution in [0.5, 0.6) is 0 Å². The van der Waals surface area contributed by atoms with E-state index in [9.17, 15) is 13.2 Å². The van der Waals surface area contributed by atoms with Gasteiger partial charge in [-0.1, -0.05) is 0 Å². The molecule has 0 aromatic heterocycles. The van der Waals surface area contributed by atoms with Gasteiger partial charge in [-0.15, -0.1) is 0 Å². The summed E-state index contributed by atoms with van der Waals surface area (Å²) in [5.74, 6) is 0. The second kappa shape index (κ2) is 3.18. The summed E-state index contributed by atoms with van der Waals surface area (Å²) in [5.41, 5.74) is 4.43. The fourth-order valence-electron chi connectivity index (χ4n) is 0.165. The van der Waals surface area contributed by atoms with Gasteiger partial charge in [-0.05, 0) is 0 Å². The minimum absolute atomic E-state index is 0.289. The molecule has 0 atom stereocenters. The van der Waals surface area contributed by atoms with E-state index in [2.05, 4.69) is 10.5 Å². The number of carbonyl (C=O) groups is 1. The van der Waals surface area contributed by atoms with E-state index in [0.29, 0.717) is 6.26 Å². The van der Waals surface area contributed by atoms with Crippen LogP contribution in [-0.4, -0.2) is 19.1 Å². The number of primary amides is 1. The van der Waals surface area contributed by atoms with Crippen LogP contribution in [0.15, 0.2) is 11.7 Å². The lowest BCUT2D eigenvalue weighted by Crippen LogP contribution is -2.09. The van der Waals surface area contributed by atoms with E-state index in [1.165, 1.54) is 0 Å². The van der Waals surface area contributed by atoms with E-state index in [-0.39, 0.29) is 5.41 Å². The zero-order valence-electron chi connectivity index (χ0n) is 4.72. The summed E-state index contributed by atoms with van der Waals surface area (Å²) >= 11 is 0. The highest BCUT2D eigenvalue weighted by molar-refractivity contribution is 7.88. The Morgan fingerprint density at radius 3 is 2.40 bits per heavy atom. The number of nitrogens with two attached hydrogens (primary N) is 1. The van der Waals surface area contributed by atoms with Gasteiger partial charge in [0.25, 0.3) is 10.1 Å². The highest BCUT2D eigenvalue weighted by Gasteiger charge is 1.95. The van der Waals surface area contributed by atoms with Gasteiger partial charge >= 0.3 is 6.09 Å². The number of carbonyl (C=O) groups excluding carboxylic acids is 1. The third-order valence-corrected chi connectivity index (χ3v) is 0.867. The summed E-state index contributed by atoms with van der Waals surface area (Å²) in [4.78, 5) is 9.76. The first-order valence-electron chi connectivity index (χ1n) is 2.02. The SMILES string of the molecule is NC(=O)OC=CS(=O)(=O)O. The maximum Gasteiger partial charge on any atom is 0.409 e. The molecule has 0 saturated heterocycles. The van der Waals surface area contributed by atoms with Gasteiger partial charge in [0.05, 0.1) is 5.41 Å². The minimum Gasteiger partial charge on any atom is -0.418 e. The van der Waals surface area contributed by atoms with Gasteiger partial charge in [0.1, 0.15) is 6.26 Å². The summed E-state index contributed by atoms with van der Waals surface area (Å²) in [6.07, 6.45) is -0.683. The maximum absolute atomic E-state index is 9.85. The largest absolute Gasteiger partial charge is 0.418 e. The van der Waals surface area contributed by atoms with Crippen molar-refractivity contribution in [2.45, 2.75) is 0 Å². The van der Waals surface area contributed by atoms with E-state index < -0.39 is 16.2 Å². The molecule has 3 N–H and O–H groups in total. The van der Waals surface area contributed by atoms with Crippen LogP contribution in [0.1, 0.15) is 0 Å². The number of rotatable bonds is 2. The second-order valence-electron chi connectivity index (χ2n) is 1.22. The van der Waals surface area contributed by atoms with Crippen LogP contribution >= 0.6 is 0 Å². The number of amides is 1. The zero-order valence-corrected chi connectivity index (χ0v) is 5.54. The summed E-state index contributed by atoms with van der Waals surface area (Å²) < 4.78 is 31.5. The van der Waals surface area contributed by atoms with Crippen LogP contribution in [0.4, 0.5) is 4.79 Å². The molecule has 0 bridgehead atoms. The molecule has 6 nitrogen and oxygen atoms in total. The van der Waals surface area contributed by atoms with Crippen LogP contribution in [-0.2, 0) is 14.9 Å². The van der Waals surface area contributed by atoms with Crippen molar-refractivity contribution in [3.63, 3.8) is 0 Å². The highest BCUT2D eigenvalue weighted by Crippen LogP contribution is 1.84. The molecule has 58 valence electrons. The Morgan fingerprint density at radius 2 is 2.10 bits per heavy atom. The topological polar surface area (TPSA) is 107 Å². The van der Waals surface area contributed by atoms with Crippen LogP contribution in [0.2, 0.25) is 0 Å². The molecule has 0 radical (unpaired) electrons. The average Bonchev–Trinajstić information content (AvgIpc) is 1.59. The monoisotopic (exact) mass is 167 g/mol. The third kappa shape index (κ3) is 6.92. The summed E-state index contributed by atoms with van der Waals surface area (Å²) in [7, 11) is -4.23. The molecule has 0 rings (SSSR count). The number of hydrogen-bond donors (Lipinski definition) is 2. The van der Waals surface area contributed by atoms with Crippen molar-refractivity contribution in [3.8, 4) is 0 Å². The van der Waals surface area contributed by atoms with Gasteiger partial charge in [-0.25, -0.2) is 4.79 Å². The lowest BCUT2D eigenvalue weighted by atomic mass is 11.1. The molecule has 1 amide bonds. The standard InChI is InChI=1S/C3H5NO5S/c4-3(5)9-1-2-10(6,7)8/h1-2H,(H2,4,5)(H,6,7,8). The van der Waals surface area contributed by atoms with Gasteiger partial charge in [0.2, 0.25) is 0 Å². The molecule has 0 saturated carbocycles. The van der Waals surface area contributed by atoms with E-state index in [0.717, 1.165) is 0 Å². The Morgan fingerprint density at radius 1 is 1.60 bits per heavy atom. The predicted molar refractivity (Wildman–Crippen MR) is 31.4 cm³/mol. The first-order valence-corrected chi connectivity index (χ1v) is 3.52. The van der Waals surface area contributed by atoms with E-state index >= 15 is 0 Å². The Balaban J connectivity index is 3.92. The molecule has 7 heteroatoms. The maximum atomic E-state index is 9.85. The van der Waals surface area contributed by atoms with Gasteiger partial charge in [0, 0.05) is 0 Å². The molecule has 0 aliphatic heterocycles. The van der Waals surface area contributed by atoms with Crippen LogP contribution < -0.4 is 5.73 Å². The van der Waals surface area contributed by atoms with E-state index in [1.54, 1.807) is 0 Å². The van der Waals surface area contributed by atoms with Crippen molar-refractivity contribution in [2.75, 3.05) is 0 Å². The minimum atomic E-state index is -4.23.